The van der Waals surface area contributed by atoms with E-state index in [1.54, 1.807) is 18.1 Å². The van der Waals surface area contributed by atoms with Crippen LogP contribution in [0.15, 0.2) is 53.8 Å². The number of hydrogen-bond acceptors (Lipinski definition) is 4. The molecule has 3 rings (SSSR count). The Kier molecular flexibility index (Phi) is 5.28. The molecule has 24 heavy (non-hydrogen) atoms. The van der Waals surface area contributed by atoms with Crippen molar-refractivity contribution in [1.82, 2.24) is 14.5 Å². The second-order valence-corrected chi connectivity index (χ2v) is 7.74. The van der Waals surface area contributed by atoms with E-state index < -0.39 is 0 Å². The minimum atomic E-state index is -0.0730. The average Bonchev–Trinajstić information content (AvgIpc) is 3.20. The summed E-state index contributed by atoms with van der Waals surface area (Å²) in [5, 5.41) is 0.789. The summed E-state index contributed by atoms with van der Waals surface area (Å²) in [7, 11) is 1.79. The quantitative estimate of drug-likeness (QED) is 0.611. The Morgan fingerprint density at radius 1 is 1.29 bits per heavy atom. The predicted octanol–water partition coefficient (Wildman–Crippen LogP) is 4.58. The van der Waals surface area contributed by atoms with E-state index in [-0.39, 0.29) is 5.91 Å². The second-order valence-electron chi connectivity index (χ2n) is 5.17. The number of halogens is 1. The van der Waals surface area contributed by atoms with E-state index in [9.17, 15) is 4.79 Å². The highest BCUT2D eigenvalue weighted by molar-refractivity contribution is 7.98. The van der Waals surface area contributed by atoms with Gasteiger partial charge in [-0.2, -0.15) is 0 Å². The molecule has 0 atom stereocenters. The summed E-state index contributed by atoms with van der Waals surface area (Å²) >= 11 is 8.96. The first-order valence-electron chi connectivity index (χ1n) is 7.27. The number of thiophene rings is 1. The molecule has 2 aromatic heterocycles. The van der Waals surface area contributed by atoms with Crippen LogP contribution in [-0.2, 0) is 6.54 Å². The Hall–Kier alpha value is -1.76. The van der Waals surface area contributed by atoms with Gasteiger partial charge in [0.15, 0.2) is 5.16 Å². The average molecular weight is 378 g/mol. The van der Waals surface area contributed by atoms with E-state index in [4.69, 9.17) is 11.6 Å². The van der Waals surface area contributed by atoms with Gasteiger partial charge in [0.2, 0.25) is 0 Å². The van der Waals surface area contributed by atoms with Crippen molar-refractivity contribution < 1.29 is 4.79 Å². The topological polar surface area (TPSA) is 38.1 Å². The smallest absolute Gasteiger partial charge is 0.272 e. The van der Waals surface area contributed by atoms with Gasteiger partial charge in [-0.05, 0) is 30.5 Å². The zero-order valence-electron chi connectivity index (χ0n) is 13.3. The summed E-state index contributed by atoms with van der Waals surface area (Å²) in [4.78, 5) is 20.0. The maximum absolute atomic E-state index is 12.9. The molecular weight excluding hydrogens is 362 g/mol. The lowest BCUT2D eigenvalue weighted by molar-refractivity contribution is 0.0778. The van der Waals surface area contributed by atoms with Crippen LogP contribution in [0, 0.1) is 0 Å². The van der Waals surface area contributed by atoms with Crippen LogP contribution in [-0.4, -0.2) is 33.7 Å². The normalized spacial score (nSPS) is 10.8. The molecular formula is C17H16ClN3OS2. The fourth-order valence-electron chi connectivity index (χ4n) is 2.39. The van der Waals surface area contributed by atoms with E-state index in [1.807, 2.05) is 53.3 Å². The van der Waals surface area contributed by atoms with E-state index in [0.29, 0.717) is 12.2 Å². The highest BCUT2D eigenvalue weighted by Crippen LogP contribution is 2.25. The van der Waals surface area contributed by atoms with Crippen molar-refractivity contribution >= 4 is 40.6 Å². The number of amides is 1. The summed E-state index contributed by atoms with van der Waals surface area (Å²) in [6, 6.07) is 13.6. The van der Waals surface area contributed by atoms with Crippen molar-refractivity contribution in [2.45, 2.75) is 11.7 Å². The fourth-order valence-corrected chi connectivity index (χ4v) is 4.08. The zero-order chi connectivity index (χ0) is 17.1. The Morgan fingerprint density at radius 2 is 2.04 bits per heavy atom. The Balaban J connectivity index is 1.91. The lowest BCUT2D eigenvalue weighted by Crippen LogP contribution is -2.27. The number of benzene rings is 1. The molecule has 0 spiro atoms. The number of carbonyl (C=O) groups is 1. The van der Waals surface area contributed by atoms with Crippen LogP contribution in [0.1, 0.15) is 15.4 Å². The van der Waals surface area contributed by atoms with E-state index >= 15 is 0 Å². The summed E-state index contributed by atoms with van der Waals surface area (Å²) in [5.41, 5.74) is 1.48. The number of hydrogen-bond donors (Lipinski definition) is 0. The first kappa shape index (κ1) is 17.1. The first-order chi connectivity index (χ1) is 11.6. The monoisotopic (exact) mass is 377 g/mol. The second kappa shape index (κ2) is 7.42. The first-order valence-corrected chi connectivity index (χ1v) is 9.69. The van der Waals surface area contributed by atoms with Gasteiger partial charge in [0.1, 0.15) is 5.69 Å². The number of para-hydroxylation sites is 1. The maximum Gasteiger partial charge on any atom is 0.272 e. The molecule has 124 valence electrons. The van der Waals surface area contributed by atoms with E-state index in [1.165, 1.54) is 23.1 Å². The SMILES string of the molecule is CSc1ncc(C(=O)N(C)Cc2ccc(Cl)s2)n1-c1ccccc1. The summed E-state index contributed by atoms with van der Waals surface area (Å²) in [6.45, 7) is 0.519. The molecule has 1 aromatic carbocycles. The van der Waals surface area contributed by atoms with Gasteiger partial charge in [-0.1, -0.05) is 41.6 Å². The number of imidazole rings is 1. The van der Waals surface area contributed by atoms with E-state index in [0.717, 1.165) is 20.1 Å². The van der Waals surface area contributed by atoms with Gasteiger partial charge in [-0.25, -0.2) is 4.98 Å². The molecule has 0 aliphatic rings. The van der Waals surface area contributed by atoms with Gasteiger partial charge < -0.3 is 4.90 Å². The number of rotatable bonds is 5. The maximum atomic E-state index is 12.9. The third kappa shape index (κ3) is 3.50. The van der Waals surface area contributed by atoms with Crippen LogP contribution < -0.4 is 0 Å². The molecule has 0 saturated heterocycles. The number of aromatic nitrogens is 2. The van der Waals surface area contributed by atoms with Crippen molar-refractivity contribution in [2.75, 3.05) is 13.3 Å². The van der Waals surface area contributed by atoms with Gasteiger partial charge in [-0.15, -0.1) is 11.3 Å². The minimum absolute atomic E-state index is 0.0730. The number of nitrogens with zero attached hydrogens (tertiary/aromatic N) is 3. The third-order valence-electron chi connectivity index (χ3n) is 3.51. The van der Waals surface area contributed by atoms with Crippen molar-refractivity contribution in [1.29, 1.82) is 0 Å². The highest BCUT2D eigenvalue weighted by atomic mass is 35.5. The Morgan fingerprint density at radius 3 is 2.67 bits per heavy atom. The number of thioether (sulfide) groups is 1. The van der Waals surface area contributed by atoms with Crippen molar-refractivity contribution in [3.63, 3.8) is 0 Å². The third-order valence-corrected chi connectivity index (χ3v) is 5.38. The molecule has 0 bridgehead atoms. The summed E-state index contributed by atoms with van der Waals surface area (Å²) < 4.78 is 2.62. The van der Waals surface area contributed by atoms with Crippen LogP contribution in [0.4, 0.5) is 0 Å². The summed E-state index contributed by atoms with van der Waals surface area (Å²) in [6.07, 6.45) is 3.59. The molecule has 0 aliphatic heterocycles. The molecule has 4 nitrogen and oxygen atoms in total. The molecule has 3 aromatic rings. The molecule has 0 fully saturated rings. The minimum Gasteiger partial charge on any atom is -0.335 e. The van der Waals surface area contributed by atoms with E-state index in [2.05, 4.69) is 4.98 Å². The Bertz CT molecular complexity index is 845. The van der Waals surface area contributed by atoms with Gasteiger partial charge in [0.05, 0.1) is 17.1 Å². The summed E-state index contributed by atoms with van der Waals surface area (Å²) in [5.74, 6) is -0.0730. The van der Waals surface area contributed by atoms with Crippen molar-refractivity contribution in [3.05, 3.63) is 63.6 Å². The highest BCUT2D eigenvalue weighted by Gasteiger charge is 2.21. The lowest BCUT2D eigenvalue weighted by atomic mass is 10.3. The van der Waals surface area contributed by atoms with Crippen LogP contribution in [0.2, 0.25) is 4.34 Å². The van der Waals surface area contributed by atoms with Crippen LogP contribution in [0.5, 0.6) is 0 Å². The zero-order valence-corrected chi connectivity index (χ0v) is 15.7. The number of carbonyl (C=O) groups excluding carboxylic acids is 1. The molecule has 0 unspecified atom stereocenters. The van der Waals surface area contributed by atoms with Crippen LogP contribution in [0.25, 0.3) is 5.69 Å². The van der Waals surface area contributed by atoms with Crippen molar-refractivity contribution in [3.8, 4) is 5.69 Å². The van der Waals surface area contributed by atoms with Gasteiger partial charge in [0.25, 0.3) is 5.91 Å². The molecule has 7 heteroatoms. The van der Waals surface area contributed by atoms with Gasteiger partial charge in [-0.3, -0.25) is 9.36 Å². The molecule has 1 amide bonds. The molecule has 0 radical (unpaired) electrons. The Labute approximate surface area is 154 Å². The molecule has 0 N–H and O–H groups in total. The largest absolute Gasteiger partial charge is 0.335 e. The van der Waals surface area contributed by atoms with Gasteiger partial charge >= 0.3 is 0 Å². The lowest BCUT2D eigenvalue weighted by Gasteiger charge is -2.18. The van der Waals surface area contributed by atoms with Crippen LogP contribution >= 0.6 is 34.7 Å². The predicted molar refractivity (Wildman–Crippen MR) is 100 cm³/mol. The molecule has 2 heterocycles. The van der Waals surface area contributed by atoms with Crippen molar-refractivity contribution in [2.24, 2.45) is 0 Å². The molecule has 0 aliphatic carbocycles. The standard InChI is InChI=1S/C17H16ClN3OS2/c1-20(11-13-8-9-15(18)24-13)16(22)14-10-19-17(23-2)21(14)12-6-4-3-5-7-12/h3-10H,11H2,1-2H3. The fraction of sp³-hybridized carbons (Fsp3) is 0.176. The molecule has 0 saturated carbocycles. The van der Waals surface area contributed by atoms with Crippen LogP contribution in [0.3, 0.4) is 0 Å². The van der Waals surface area contributed by atoms with Gasteiger partial charge in [0, 0.05) is 17.6 Å².